The van der Waals surface area contributed by atoms with Gasteiger partial charge >= 0.3 is 0 Å². The zero-order chi connectivity index (χ0) is 23.7. The summed E-state index contributed by atoms with van der Waals surface area (Å²) in [5.41, 5.74) is 0.571. The van der Waals surface area contributed by atoms with Crippen molar-refractivity contribution in [2.75, 3.05) is 26.6 Å². The molecule has 0 saturated carbocycles. The lowest BCUT2D eigenvalue weighted by Crippen LogP contribution is -2.52. The second kappa shape index (κ2) is 11.7. The summed E-state index contributed by atoms with van der Waals surface area (Å²) in [5, 5.41) is 3.47. The Morgan fingerprint density at radius 1 is 1.00 bits per heavy atom. The van der Waals surface area contributed by atoms with Crippen LogP contribution in [0.2, 0.25) is 0 Å². The van der Waals surface area contributed by atoms with Crippen LogP contribution in [0.25, 0.3) is 0 Å². The fourth-order valence-corrected chi connectivity index (χ4v) is 4.23. The second-order valence-electron chi connectivity index (χ2n) is 7.65. The average Bonchev–Trinajstić information content (AvgIpc) is 3.08. The van der Waals surface area contributed by atoms with Crippen molar-refractivity contribution >= 4 is 16.8 Å². The number of methoxy groups -OCH3 is 1. The van der Waals surface area contributed by atoms with E-state index in [2.05, 4.69) is 11.9 Å². The molecule has 2 aromatic carbocycles. The summed E-state index contributed by atoms with van der Waals surface area (Å²) in [6, 6.07) is 19.0. The first-order chi connectivity index (χ1) is 15.9. The summed E-state index contributed by atoms with van der Waals surface area (Å²) in [7, 11) is -2.46. The molecular weight excluding hydrogens is 450 g/mol. The number of hydrogen-bond donors (Lipinski definition) is 0. The Labute approximate surface area is 194 Å². The van der Waals surface area contributed by atoms with Crippen molar-refractivity contribution in [3.63, 3.8) is 0 Å². The van der Waals surface area contributed by atoms with Gasteiger partial charge in [0.05, 0.1) is 26.1 Å². The van der Waals surface area contributed by atoms with E-state index in [4.69, 9.17) is 28.0 Å². The number of rotatable bonds is 13. The first-order valence-corrected chi connectivity index (χ1v) is 12.1. The van der Waals surface area contributed by atoms with Crippen molar-refractivity contribution in [1.29, 1.82) is 0 Å². The maximum Gasteiger partial charge on any atom is 0.264 e. The molecule has 1 aliphatic rings. The van der Waals surface area contributed by atoms with Crippen molar-refractivity contribution < 1.29 is 36.4 Å². The maximum atomic E-state index is 12.0. The predicted octanol–water partition coefficient (Wildman–Crippen LogP) is 2.51. The van der Waals surface area contributed by atoms with E-state index < -0.39 is 34.2 Å². The molecule has 3 rings (SSSR count). The van der Waals surface area contributed by atoms with E-state index in [-0.39, 0.29) is 19.8 Å². The Kier molecular flexibility index (Phi) is 8.95. The average molecular weight is 480 g/mol. The van der Waals surface area contributed by atoms with Gasteiger partial charge in [-0.05, 0) is 11.1 Å². The molecular formula is C23H29NO8S. The van der Waals surface area contributed by atoms with Crippen LogP contribution in [-0.4, -0.2) is 65.8 Å². The number of hydrogen-bond acceptors (Lipinski definition) is 9. The van der Waals surface area contributed by atoms with E-state index in [1.807, 2.05) is 60.7 Å². The third-order valence-electron chi connectivity index (χ3n) is 5.08. The van der Waals surface area contributed by atoms with Gasteiger partial charge in [0, 0.05) is 13.8 Å². The fraction of sp³-hybridized carbons (Fsp3) is 0.435. The quantitative estimate of drug-likeness (QED) is 0.245. The van der Waals surface area contributed by atoms with E-state index in [1.165, 1.54) is 7.11 Å². The molecule has 4 unspecified atom stereocenters. The van der Waals surface area contributed by atoms with Crippen LogP contribution in [0.1, 0.15) is 11.1 Å². The topological polar surface area (TPSA) is 102 Å². The van der Waals surface area contributed by atoms with Gasteiger partial charge in [0.1, 0.15) is 6.10 Å². The lowest BCUT2D eigenvalue weighted by atomic mass is 9.96. The van der Waals surface area contributed by atoms with E-state index in [1.54, 1.807) is 0 Å². The van der Waals surface area contributed by atoms with Gasteiger partial charge in [0.25, 0.3) is 10.1 Å². The van der Waals surface area contributed by atoms with Crippen molar-refractivity contribution in [2.45, 2.75) is 37.3 Å². The SMILES string of the molecule is C=NOCC1(COCc2ccccc2)OC(OC)C(OS(C)(=O)=O)C1OCc1ccccc1. The van der Waals surface area contributed by atoms with Crippen LogP contribution >= 0.6 is 0 Å². The van der Waals surface area contributed by atoms with Crippen LogP contribution in [0.3, 0.4) is 0 Å². The van der Waals surface area contributed by atoms with Crippen LogP contribution in [0, 0.1) is 0 Å². The third kappa shape index (κ3) is 7.07. The summed E-state index contributed by atoms with van der Waals surface area (Å²) >= 11 is 0. The number of benzene rings is 2. The van der Waals surface area contributed by atoms with Crippen molar-refractivity contribution in [3.05, 3.63) is 71.8 Å². The Morgan fingerprint density at radius 2 is 1.61 bits per heavy atom. The van der Waals surface area contributed by atoms with Gasteiger partial charge in [-0.1, -0.05) is 60.7 Å². The Balaban J connectivity index is 1.87. The monoisotopic (exact) mass is 479 g/mol. The summed E-state index contributed by atoms with van der Waals surface area (Å²) in [5.74, 6) is 0. The molecule has 0 aliphatic carbocycles. The Morgan fingerprint density at radius 3 is 2.15 bits per heavy atom. The van der Waals surface area contributed by atoms with Crippen LogP contribution in [0.5, 0.6) is 0 Å². The normalized spacial score (nSPS) is 25.1. The molecule has 1 fully saturated rings. The first-order valence-electron chi connectivity index (χ1n) is 10.3. The van der Waals surface area contributed by atoms with Gasteiger partial charge in [-0.2, -0.15) is 8.42 Å². The van der Waals surface area contributed by atoms with E-state index >= 15 is 0 Å². The highest BCUT2D eigenvalue weighted by molar-refractivity contribution is 7.86. The number of ether oxygens (including phenoxy) is 4. The molecule has 0 N–H and O–H groups in total. The summed E-state index contributed by atoms with van der Waals surface area (Å²) < 4.78 is 53.0. The highest BCUT2D eigenvalue weighted by Crippen LogP contribution is 2.38. The molecule has 10 heteroatoms. The number of nitrogens with zero attached hydrogens (tertiary/aromatic N) is 1. The minimum absolute atomic E-state index is 0.000350. The molecule has 2 aromatic rings. The molecule has 4 atom stereocenters. The molecule has 0 spiro atoms. The zero-order valence-corrected chi connectivity index (χ0v) is 19.5. The molecule has 180 valence electrons. The van der Waals surface area contributed by atoms with Crippen LogP contribution in [0.4, 0.5) is 0 Å². The standard InChI is InChI=1S/C23H29NO8S/c1-24-30-17-23(16-28-14-18-10-6-4-7-11-18)21(29-15-19-12-8-5-9-13-19)20(22(27-2)31-23)32-33(3,25)26/h4-13,20-22H,1,14-17H2,2-3H3. The molecule has 33 heavy (non-hydrogen) atoms. The molecule has 0 radical (unpaired) electrons. The van der Waals surface area contributed by atoms with Gasteiger partial charge in [0.2, 0.25) is 0 Å². The minimum Gasteiger partial charge on any atom is -0.393 e. The number of oxime groups is 1. The molecule has 1 saturated heterocycles. The van der Waals surface area contributed by atoms with Crippen molar-refractivity contribution in [2.24, 2.45) is 5.16 Å². The van der Waals surface area contributed by atoms with Crippen LogP contribution < -0.4 is 0 Å². The van der Waals surface area contributed by atoms with Gasteiger partial charge in [0.15, 0.2) is 24.6 Å². The van der Waals surface area contributed by atoms with Crippen molar-refractivity contribution in [3.8, 4) is 0 Å². The lowest BCUT2D eigenvalue weighted by Gasteiger charge is -2.33. The van der Waals surface area contributed by atoms with E-state index in [9.17, 15) is 8.42 Å². The zero-order valence-electron chi connectivity index (χ0n) is 18.7. The second-order valence-corrected chi connectivity index (χ2v) is 9.25. The Bertz CT molecular complexity index is 972. The molecule has 1 heterocycles. The fourth-order valence-electron chi connectivity index (χ4n) is 3.64. The first kappa shape index (κ1) is 25.3. The predicted molar refractivity (Wildman–Crippen MR) is 121 cm³/mol. The van der Waals surface area contributed by atoms with Gasteiger partial charge in [-0.15, -0.1) is 5.16 Å². The minimum atomic E-state index is -3.86. The highest BCUT2D eigenvalue weighted by atomic mass is 32.2. The van der Waals surface area contributed by atoms with Gasteiger partial charge < -0.3 is 23.8 Å². The Hall–Kier alpha value is -2.34. The molecule has 9 nitrogen and oxygen atoms in total. The van der Waals surface area contributed by atoms with Crippen molar-refractivity contribution in [1.82, 2.24) is 0 Å². The van der Waals surface area contributed by atoms with Crippen LogP contribution in [0.15, 0.2) is 65.8 Å². The maximum absolute atomic E-state index is 12.0. The van der Waals surface area contributed by atoms with Gasteiger partial charge in [-0.3, -0.25) is 4.18 Å². The van der Waals surface area contributed by atoms with Crippen LogP contribution in [-0.2, 0) is 51.3 Å². The summed E-state index contributed by atoms with van der Waals surface area (Å²) in [6.07, 6.45) is -2.10. The lowest BCUT2D eigenvalue weighted by molar-refractivity contribution is -0.214. The van der Waals surface area contributed by atoms with Gasteiger partial charge in [-0.25, -0.2) is 0 Å². The van der Waals surface area contributed by atoms with E-state index in [0.717, 1.165) is 17.4 Å². The third-order valence-corrected chi connectivity index (χ3v) is 5.66. The largest absolute Gasteiger partial charge is 0.393 e. The molecule has 0 amide bonds. The highest BCUT2D eigenvalue weighted by Gasteiger charge is 2.59. The summed E-state index contributed by atoms with van der Waals surface area (Å²) in [4.78, 5) is 5.25. The summed E-state index contributed by atoms with van der Waals surface area (Å²) in [6.45, 7) is 3.71. The molecule has 0 bridgehead atoms. The van der Waals surface area contributed by atoms with E-state index in [0.29, 0.717) is 6.61 Å². The molecule has 1 aliphatic heterocycles. The molecule has 0 aromatic heterocycles. The smallest absolute Gasteiger partial charge is 0.264 e.